The van der Waals surface area contributed by atoms with Gasteiger partial charge < -0.3 is 14.2 Å². The molecule has 1 atom stereocenters. The van der Waals surface area contributed by atoms with Crippen LogP contribution in [0.3, 0.4) is 0 Å². The van der Waals surface area contributed by atoms with Crippen LogP contribution in [-0.4, -0.2) is 32.1 Å². The summed E-state index contributed by atoms with van der Waals surface area (Å²) < 4.78 is 16.2. The molecule has 3 rings (SSSR count). The Morgan fingerprint density at radius 3 is 2.62 bits per heavy atom. The zero-order valence-electron chi connectivity index (χ0n) is 9.53. The van der Waals surface area contributed by atoms with Gasteiger partial charge in [-0.05, 0) is 30.3 Å². The fraction of sp³-hybridized carbons (Fsp3) is 0.500. The number of ether oxygens (including phenoxy) is 3. The highest BCUT2D eigenvalue weighted by Gasteiger charge is 2.26. The molecule has 0 saturated heterocycles. The predicted molar refractivity (Wildman–Crippen MR) is 58.5 cm³/mol. The van der Waals surface area contributed by atoms with Crippen molar-refractivity contribution < 1.29 is 14.2 Å². The molecule has 86 valence electrons. The van der Waals surface area contributed by atoms with E-state index in [0.717, 1.165) is 24.5 Å². The second-order valence-corrected chi connectivity index (χ2v) is 4.28. The molecule has 0 bridgehead atoms. The Hall–Kier alpha value is -1.26. The normalized spacial score (nSPS) is 23.2. The number of rotatable bonds is 1. The van der Waals surface area contributed by atoms with Crippen molar-refractivity contribution in [3.05, 3.63) is 23.3 Å². The number of likely N-dealkylation sites (N-methyl/N-ethyl adjacent to an activating group) is 1. The number of methoxy groups -OCH3 is 1. The Kier molecular flexibility index (Phi) is 2.26. The van der Waals surface area contributed by atoms with Crippen LogP contribution in [0.15, 0.2) is 12.1 Å². The highest BCUT2D eigenvalue weighted by Crippen LogP contribution is 2.37. The summed E-state index contributed by atoms with van der Waals surface area (Å²) in [6, 6.07) is 4.16. The van der Waals surface area contributed by atoms with E-state index in [0.29, 0.717) is 6.79 Å². The van der Waals surface area contributed by atoms with Crippen molar-refractivity contribution in [1.82, 2.24) is 4.90 Å². The molecule has 16 heavy (non-hydrogen) atoms. The van der Waals surface area contributed by atoms with Crippen molar-refractivity contribution in [2.24, 2.45) is 0 Å². The van der Waals surface area contributed by atoms with Gasteiger partial charge in [0.1, 0.15) is 6.23 Å². The van der Waals surface area contributed by atoms with Crippen LogP contribution in [0, 0.1) is 0 Å². The van der Waals surface area contributed by atoms with E-state index in [9.17, 15) is 0 Å². The van der Waals surface area contributed by atoms with Crippen molar-refractivity contribution in [3.8, 4) is 11.5 Å². The van der Waals surface area contributed by atoms with Gasteiger partial charge in [0.2, 0.25) is 6.79 Å². The molecule has 0 radical (unpaired) electrons. The first-order valence-corrected chi connectivity index (χ1v) is 5.42. The number of nitrogens with zero attached hydrogens (tertiary/aromatic N) is 1. The molecular weight excluding hydrogens is 206 g/mol. The van der Waals surface area contributed by atoms with Crippen molar-refractivity contribution >= 4 is 0 Å². The van der Waals surface area contributed by atoms with E-state index in [2.05, 4.69) is 24.1 Å². The molecule has 0 aliphatic carbocycles. The Morgan fingerprint density at radius 1 is 1.25 bits per heavy atom. The van der Waals surface area contributed by atoms with Crippen LogP contribution in [0.2, 0.25) is 0 Å². The molecule has 4 nitrogen and oxygen atoms in total. The van der Waals surface area contributed by atoms with Gasteiger partial charge in [-0.3, -0.25) is 4.90 Å². The van der Waals surface area contributed by atoms with Crippen LogP contribution in [0.1, 0.15) is 11.1 Å². The first-order valence-electron chi connectivity index (χ1n) is 5.42. The molecule has 1 unspecified atom stereocenters. The largest absolute Gasteiger partial charge is 0.454 e. The van der Waals surface area contributed by atoms with Gasteiger partial charge in [0, 0.05) is 20.1 Å². The minimum Gasteiger partial charge on any atom is -0.454 e. The fourth-order valence-electron chi connectivity index (χ4n) is 2.34. The fourth-order valence-corrected chi connectivity index (χ4v) is 2.34. The highest BCUT2D eigenvalue weighted by molar-refractivity contribution is 5.49. The molecule has 0 fully saturated rings. The molecule has 2 heterocycles. The van der Waals surface area contributed by atoms with Crippen LogP contribution in [0.4, 0.5) is 0 Å². The minimum absolute atomic E-state index is 0.160. The molecule has 0 amide bonds. The van der Waals surface area contributed by atoms with Gasteiger partial charge in [0.15, 0.2) is 11.5 Å². The van der Waals surface area contributed by atoms with E-state index in [4.69, 9.17) is 14.2 Å². The molecule has 0 aromatic heterocycles. The topological polar surface area (TPSA) is 30.9 Å². The van der Waals surface area contributed by atoms with Gasteiger partial charge in [-0.15, -0.1) is 0 Å². The number of hydrogen-bond donors (Lipinski definition) is 0. The van der Waals surface area contributed by atoms with E-state index < -0.39 is 0 Å². The van der Waals surface area contributed by atoms with E-state index in [-0.39, 0.29) is 6.23 Å². The zero-order chi connectivity index (χ0) is 11.1. The third-order valence-corrected chi connectivity index (χ3v) is 3.27. The first kappa shape index (κ1) is 9.93. The lowest BCUT2D eigenvalue weighted by atomic mass is 9.98. The Bertz CT molecular complexity index is 419. The van der Waals surface area contributed by atoms with Crippen molar-refractivity contribution in [3.63, 3.8) is 0 Å². The lowest BCUT2D eigenvalue weighted by molar-refractivity contribution is -0.0285. The summed E-state index contributed by atoms with van der Waals surface area (Å²) in [5.41, 5.74) is 2.61. The summed E-state index contributed by atoms with van der Waals surface area (Å²) in [5.74, 6) is 1.72. The molecule has 2 aliphatic heterocycles. The molecular formula is C12H15NO3. The standard InChI is InChI=1S/C12H15NO3/c1-13-6-9-4-11-10(15-7-16-11)3-8(9)5-12(13)14-2/h3-4,12H,5-7H2,1-2H3. The second-order valence-electron chi connectivity index (χ2n) is 4.28. The van der Waals surface area contributed by atoms with Crippen molar-refractivity contribution in [2.45, 2.75) is 19.2 Å². The second kappa shape index (κ2) is 3.64. The Balaban J connectivity index is 1.98. The van der Waals surface area contributed by atoms with Gasteiger partial charge in [-0.1, -0.05) is 0 Å². The molecule has 0 saturated carbocycles. The van der Waals surface area contributed by atoms with Crippen molar-refractivity contribution in [2.75, 3.05) is 21.0 Å². The first-order chi connectivity index (χ1) is 7.78. The van der Waals surface area contributed by atoms with Gasteiger partial charge in [0.05, 0.1) is 0 Å². The van der Waals surface area contributed by atoms with Gasteiger partial charge in [0.25, 0.3) is 0 Å². The van der Waals surface area contributed by atoms with E-state index in [1.807, 2.05) is 0 Å². The number of hydrogen-bond acceptors (Lipinski definition) is 4. The molecule has 0 spiro atoms. The minimum atomic E-state index is 0.160. The summed E-state index contributed by atoms with van der Waals surface area (Å²) in [6.07, 6.45) is 1.06. The summed E-state index contributed by atoms with van der Waals surface area (Å²) in [6.45, 7) is 1.23. The van der Waals surface area contributed by atoms with Gasteiger partial charge >= 0.3 is 0 Å². The smallest absolute Gasteiger partial charge is 0.231 e. The van der Waals surface area contributed by atoms with E-state index in [1.54, 1.807) is 7.11 Å². The average molecular weight is 221 g/mol. The average Bonchev–Trinajstić information content (AvgIpc) is 2.72. The molecule has 1 aromatic rings. The lowest BCUT2D eigenvalue weighted by Crippen LogP contribution is -2.38. The van der Waals surface area contributed by atoms with E-state index in [1.165, 1.54) is 11.1 Å². The van der Waals surface area contributed by atoms with Gasteiger partial charge in [-0.25, -0.2) is 0 Å². The maximum atomic E-state index is 5.43. The van der Waals surface area contributed by atoms with Crippen LogP contribution < -0.4 is 9.47 Å². The van der Waals surface area contributed by atoms with Crippen LogP contribution in [0.25, 0.3) is 0 Å². The van der Waals surface area contributed by atoms with Gasteiger partial charge in [-0.2, -0.15) is 0 Å². The number of fused-ring (bicyclic) bond motifs is 2. The quantitative estimate of drug-likeness (QED) is 0.716. The lowest BCUT2D eigenvalue weighted by Gasteiger charge is -2.32. The summed E-state index contributed by atoms with van der Waals surface area (Å²) in [5, 5.41) is 0. The molecule has 0 N–H and O–H groups in total. The van der Waals surface area contributed by atoms with Crippen molar-refractivity contribution in [1.29, 1.82) is 0 Å². The third kappa shape index (κ3) is 1.45. The van der Waals surface area contributed by atoms with E-state index >= 15 is 0 Å². The molecule has 2 aliphatic rings. The maximum absolute atomic E-state index is 5.43. The Labute approximate surface area is 94.7 Å². The predicted octanol–water partition coefficient (Wildman–Crippen LogP) is 1.38. The monoisotopic (exact) mass is 221 g/mol. The summed E-state index contributed by atoms with van der Waals surface area (Å²) in [4.78, 5) is 2.20. The highest BCUT2D eigenvalue weighted by atomic mass is 16.7. The van der Waals surface area contributed by atoms with Crippen LogP contribution in [0.5, 0.6) is 11.5 Å². The summed E-state index contributed by atoms with van der Waals surface area (Å²) >= 11 is 0. The zero-order valence-corrected chi connectivity index (χ0v) is 9.53. The number of benzene rings is 1. The SMILES string of the molecule is COC1Cc2cc3c(cc2CN1C)OCO3. The third-order valence-electron chi connectivity index (χ3n) is 3.27. The van der Waals surface area contributed by atoms with Crippen LogP contribution in [-0.2, 0) is 17.7 Å². The maximum Gasteiger partial charge on any atom is 0.231 e. The summed E-state index contributed by atoms with van der Waals surface area (Å²) in [7, 11) is 3.82. The molecule has 1 aromatic carbocycles. The molecule has 4 heteroatoms. The Morgan fingerprint density at radius 2 is 1.94 bits per heavy atom. The van der Waals surface area contributed by atoms with Crippen LogP contribution >= 0.6 is 0 Å².